The van der Waals surface area contributed by atoms with Gasteiger partial charge in [-0.3, -0.25) is 0 Å². The van der Waals surface area contributed by atoms with E-state index in [1.54, 1.807) is 11.5 Å². The highest BCUT2D eigenvalue weighted by Gasteiger charge is 2.08. The summed E-state index contributed by atoms with van der Waals surface area (Å²) in [4.78, 5) is 1.33. The third kappa shape index (κ3) is 2.60. The van der Waals surface area contributed by atoms with Gasteiger partial charge in [-0.2, -0.15) is 0 Å². The van der Waals surface area contributed by atoms with Crippen LogP contribution in [-0.4, -0.2) is 10.4 Å². The van der Waals surface area contributed by atoms with E-state index in [1.807, 2.05) is 13.1 Å². The fourth-order valence-electron chi connectivity index (χ4n) is 0.851. The summed E-state index contributed by atoms with van der Waals surface area (Å²) in [6.45, 7) is 4.22. The van der Waals surface area contributed by atoms with E-state index in [2.05, 4.69) is 17.4 Å². The highest BCUT2D eigenvalue weighted by molar-refractivity contribution is 7.05. The van der Waals surface area contributed by atoms with Crippen LogP contribution in [-0.2, 0) is 6.42 Å². The molecule has 0 aliphatic rings. The average molecular weight is 170 g/mol. The molecular weight excluding hydrogens is 156 g/mol. The van der Waals surface area contributed by atoms with Crippen LogP contribution in [0.4, 0.5) is 0 Å². The molecule has 1 rings (SSSR count). The normalized spacial score (nSPS) is 16.3. The standard InChI is InChI=1S/C8H14N2S/c1-6(7(2)9)5-8-3-4-10-11-8/h3-4,6-7H,5,9H2,1-2H3. The summed E-state index contributed by atoms with van der Waals surface area (Å²) in [6, 6.07) is 2.33. The molecule has 0 bridgehead atoms. The van der Waals surface area contributed by atoms with Gasteiger partial charge in [-0.15, -0.1) is 0 Å². The van der Waals surface area contributed by atoms with Crippen molar-refractivity contribution in [3.63, 3.8) is 0 Å². The lowest BCUT2D eigenvalue weighted by Gasteiger charge is -2.13. The van der Waals surface area contributed by atoms with Crippen LogP contribution in [0.25, 0.3) is 0 Å². The molecule has 2 nitrogen and oxygen atoms in total. The molecule has 2 N–H and O–H groups in total. The fraction of sp³-hybridized carbons (Fsp3) is 0.625. The number of nitrogens with two attached hydrogens (primary N) is 1. The van der Waals surface area contributed by atoms with Crippen LogP contribution >= 0.6 is 11.5 Å². The average Bonchev–Trinajstić information content (AvgIpc) is 2.39. The maximum absolute atomic E-state index is 5.74. The van der Waals surface area contributed by atoms with Crippen molar-refractivity contribution < 1.29 is 0 Å². The smallest absolute Gasteiger partial charge is 0.0409 e. The summed E-state index contributed by atoms with van der Waals surface area (Å²) in [7, 11) is 0. The Morgan fingerprint density at radius 1 is 1.64 bits per heavy atom. The summed E-state index contributed by atoms with van der Waals surface area (Å²) in [5.74, 6) is 0.551. The summed E-state index contributed by atoms with van der Waals surface area (Å²) >= 11 is 1.56. The largest absolute Gasteiger partial charge is 0.328 e. The molecule has 0 fully saturated rings. The molecule has 0 saturated heterocycles. The third-order valence-corrected chi connectivity index (χ3v) is 2.68. The zero-order valence-corrected chi connectivity index (χ0v) is 7.77. The van der Waals surface area contributed by atoms with Gasteiger partial charge in [0.25, 0.3) is 0 Å². The lowest BCUT2D eigenvalue weighted by molar-refractivity contribution is 0.485. The molecule has 0 spiro atoms. The van der Waals surface area contributed by atoms with Crippen LogP contribution in [0.3, 0.4) is 0 Å². The van der Waals surface area contributed by atoms with Gasteiger partial charge in [0.2, 0.25) is 0 Å². The second-order valence-electron chi connectivity index (χ2n) is 3.02. The number of nitrogens with zero attached hydrogens (tertiary/aromatic N) is 1. The summed E-state index contributed by atoms with van der Waals surface area (Å²) < 4.78 is 4.04. The second kappa shape index (κ2) is 3.83. The molecule has 3 heteroatoms. The minimum Gasteiger partial charge on any atom is -0.328 e. The van der Waals surface area contributed by atoms with Gasteiger partial charge in [0.05, 0.1) is 0 Å². The van der Waals surface area contributed by atoms with Crippen molar-refractivity contribution in [2.24, 2.45) is 11.7 Å². The molecule has 11 heavy (non-hydrogen) atoms. The Morgan fingerprint density at radius 3 is 2.82 bits per heavy atom. The van der Waals surface area contributed by atoms with Crippen molar-refractivity contribution in [1.82, 2.24) is 4.37 Å². The first-order valence-corrected chi connectivity index (χ1v) is 4.62. The molecule has 1 aromatic rings. The highest BCUT2D eigenvalue weighted by Crippen LogP contribution is 2.13. The Balaban J connectivity index is 2.43. The summed E-state index contributed by atoms with van der Waals surface area (Å²) in [5, 5.41) is 0. The van der Waals surface area contributed by atoms with E-state index in [1.165, 1.54) is 4.88 Å². The molecule has 1 heterocycles. The van der Waals surface area contributed by atoms with Gasteiger partial charge in [0.15, 0.2) is 0 Å². The number of hydrogen-bond donors (Lipinski definition) is 1. The Bertz CT molecular complexity index is 194. The molecule has 0 saturated carbocycles. The van der Waals surface area contributed by atoms with E-state index in [9.17, 15) is 0 Å². The van der Waals surface area contributed by atoms with Gasteiger partial charge in [-0.05, 0) is 36.9 Å². The molecule has 62 valence electrons. The van der Waals surface area contributed by atoms with Crippen molar-refractivity contribution in [2.45, 2.75) is 26.3 Å². The predicted molar refractivity (Wildman–Crippen MR) is 48.6 cm³/mol. The topological polar surface area (TPSA) is 38.9 Å². The van der Waals surface area contributed by atoms with Crippen molar-refractivity contribution in [1.29, 1.82) is 0 Å². The first-order chi connectivity index (χ1) is 5.20. The van der Waals surface area contributed by atoms with Gasteiger partial charge >= 0.3 is 0 Å². The van der Waals surface area contributed by atoms with Crippen LogP contribution in [0.15, 0.2) is 12.3 Å². The van der Waals surface area contributed by atoms with Crippen molar-refractivity contribution in [2.75, 3.05) is 0 Å². The number of hydrogen-bond acceptors (Lipinski definition) is 3. The molecule has 0 aliphatic carbocycles. The fourth-order valence-corrected chi connectivity index (χ4v) is 1.57. The second-order valence-corrected chi connectivity index (χ2v) is 3.94. The minimum atomic E-state index is 0.275. The SMILES string of the molecule is CC(N)C(C)Cc1ccns1. The van der Waals surface area contributed by atoms with Gasteiger partial charge in [-0.1, -0.05) is 6.92 Å². The van der Waals surface area contributed by atoms with Crippen LogP contribution < -0.4 is 5.73 Å². The van der Waals surface area contributed by atoms with Crippen LogP contribution in [0, 0.1) is 5.92 Å². The van der Waals surface area contributed by atoms with E-state index in [0.29, 0.717) is 5.92 Å². The van der Waals surface area contributed by atoms with Crippen LogP contribution in [0.1, 0.15) is 18.7 Å². The molecule has 0 aromatic carbocycles. The maximum atomic E-state index is 5.74. The quantitative estimate of drug-likeness (QED) is 0.749. The van der Waals surface area contributed by atoms with E-state index in [-0.39, 0.29) is 6.04 Å². The van der Waals surface area contributed by atoms with Gasteiger partial charge in [0.1, 0.15) is 0 Å². The van der Waals surface area contributed by atoms with Crippen molar-refractivity contribution in [3.8, 4) is 0 Å². The lowest BCUT2D eigenvalue weighted by Crippen LogP contribution is -2.25. The Hall–Kier alpha value is -0.410. The Kier molecular flexibility index (Phi) is 3.02. The molecule has 1 aromatic heterocycles. The first kappa shape index (κ1) is 8.68. The number of rotatable bonds is 3. The molecular formula is C8H14N2S. The van der Waals surface area contributed by atoms with E-state index in [0.717, 1.165) is 6.42 Å². The molecule has 0 aliphatic heterocycles. The minimum absolute atomic E-state index is 0.275. The first-order valence-electron chi connectivity index (χ1n) is 3.85. The van der Waals surface area contributed by atoms with Crippen LogP contribution in [0.2, 0.25) is 0 Å². The maximum Gasteiger partial charge on any atom is 0.0409 e. The van der Waals surface area contributed by atoms with E-state index in [4.69, 9.17) is 5.73 Å². The van der Waals surface area contributed by atoms with Gasteiger partial charge in [0, 0.05) is 17.1 Å². The van der Waals surface area contributed by atoms with Crippen molar-refractivity contribution in [3.05, 3.63) is 17.1 Å². The lowest BCUT2D eigenvalue weighted by atomic mass is 10.00. The zero-order chi connectivity index (χ0) is 8.27. The number of aromatic nitrogens is 1. The molecule has 0 amide bonds. The summed E-state index contributed by atoms with van der Waals surface area (Å²) in [5.41, 5.74) is 5.74. The van der Waals surface area contributed by atoms with Crippen LogP contribution in [0.5, 0.6) is 0 Å². The third-order valence-electron chi connectivity index (χ3n) is 1.91. The summed E-state index contributed by atoms with van der Waals surface area (Å²) in [6.07, 6.45) is 2.90. The zero-order valence-electron chi connectivity index (χ0n) is 6.95. The monoisotopic (exact) mass is 170 g/mol. The van der Waals surface area contributed by atoms with Gasteiger partial charge < -0.3 is 5.73 Å². The van der Waals surface area contributed by atoms with Crippen molar-refractivity contribution >= 4 is 11.5 Å². The van der Waals surface area contributed by atoms with E-state index < -0.39 is 0 Å². The highest BCUT2D eigenvalue weighted by atomic mass is 32.1. The van der Waals surface area contributed by atoms with Gasteiger partial charge in [-0.25, -0.2) is 4.37 Å². The molecule has 2 unspecified atom stereocenters. The molecule has 0 radical (unpaired) electrons. The molecule has 2 atom stereocenters. The van der Waals surface area contributed by atoms with E-state index >= 15 is 0 Å². The predicted octanol–water partition coefficient (Wildman–Crippen LogP) is 1.67. The Labute approximate surface area is 71.6 Å². The Morgan fingerprint density at radius 2 is 2.36 bits per heavy atom.